The second-order valence-corrected chi connectivity index (χ2v) is 20.2. The van der Waals surface area contributed by atoms with Crippen molar-refractivity contribution in [2.45, 2.75) is 316 Å². The van der Waals surface area contributed by atoms with Crippen LogP contribution in [0, 0.1) is 0 Å². The van der Waals surface area contributed by atoms with Gasteiger partial charge in [0.25, 0.3) is 0 Å². The van der Waals surface area contributed by atoms with E-state index in [2.05, 4.69) is 81.5 Å². The second kappa shape index (κ2) is 58.7. The van der Waals surface area contributed by atoms with Gasteiger partial charge in [-0.25, -0.2) is 0 Å². The number of hydrogen-bond donors (Lipinski definition) is 0. The third-order valence-corrected chi connectivity index (χ3v) is 13.3. The molecule has 0 aliphatic carbocycles. The van der Waals surface area contributed by atoms with Crippen LogP contribution in [-0.4, -0.2) is 37.2 Å². The minimum absolute atomic E-state index is 0.0724. The fraction of sp³-hybridized carbons (Fsp3) is 0.797. The predicted molar refractivity (Wildman–Crippen MR) is 302 cm³/mol. The lowest BCUT2D eigenvalue weighted by Gasteiger charge is -2.18. The summed E-state index contributed by atoms with van der Waals surface area (Å²) in [6, 6.07) is 0. The smallest absolute Gasteiger partial charge is 0.306 e. The number of allylic oxidation sites excluding steroid dienone is 10. The van der Waals surface area contributed by atoms with E-state index < -0.39 is 6.10 Å². The standard InChI is InChI=1S/C64H114O6/c1-4-7-10-13-16-18-20-22-24-26-28-29-30-31-32-33-34-35-37-38-40-42-44-46-48-51-54-57-63(66)69-60-61(59-68-62(65)56-53-50-15-12-9-6-3)70-64(67)58-55-52-49-47-45-43-41-39-36-27-25-23-21-19-17-14-11-8-5-2/h7,10,16,18,22-25,28-29,61H,4-6,8-9,11-15,17,19-21,26-27,30-60H2,1-3H3/b10-7-,18-16-,24-22-,25-23-,29-28-. The largest absolute Gasteiger partial charge is 0.462 e. The highest BCUT2D eigenvalue weighted by Crippen LogP contribution is 2.16. The number of hydrogen-bond acceptors (Lipinski definition) is 6. The van der Waals surface area contributed by atoms with E-state index in [1.165, 1.54) is 186 Å². The van der Waals surface area contributed by atoms with Crippen molar-refractivity contribution >= 4 is 17.9 Å². The van der Waals surface area contributed by atoms with Crippen molar-refractivity contribution < 1.29 is 28.6 Å². The molecule has 0 N–H and O–H groups in total. The van der Waals surface area contributed by atoms with Crippen molar-refractivity contribution in [3.8, 4) is 0 Å². The first-order chi connectivity index (χ1) is 34.5. The Labute approximate surface area is 434 Å². The molecular formula is C64H114O6. The summed E-state index contributed by atoms with van der Waals surface area (Å²) in [7, 11) is 0. The molecular weight excluding hydrogens is 865 g/mol. The van der Waals surface area contributed by atoms with Gasteiger partial charge < -0.3 is 14.2 Å². The van der Waals surface area contributed by atoms with Crippen LogP contribution in [-0.2, 0) is 28.6 Å². The number of ether oxygens (including phenoxy) is 3. The summed E-state index contributed by atoms with van der Waals surface area (Å²) in [4.78, 5) is 37.9. The van der Waals surface area contributed by atoms with E-state index in [0.29, 0.717) is 19.3 Å². The van der Waals surface area contributed by atoms with Crippen LogP contribution in [0.15, 0.2) is 60.8 Å². The van der Waals surface area contributed by atoms with E-state index in [4.69, 9.17) is 14.2 Å². The number of unbranched alkanes of at least 4 members (excludes halogenated alkanes) is 34. The molecule has 0 aliphatic heterocycles. The zero-order chi connectivity index (χ0) is 50.7. The fourth-order valence-corrected chi connectivity index (χ4v) is 8.72. The predicted octanol–water partition coefficient (Wildman–Crippen LogP) is 20.4. The normalized spacial score (nSPS) is 12.4. The Bertz CT molecular complexity index is 1260. The van der Waals surface area contributed by atoms with E-state index in [9.17, 15) is 14.4 Å². The third-order valence-electron chi connectivity index (χ3n) is 13.3. The number of rotatable bonds is 55. The average Bonchev–Trinajstić information content (AvgIpc) is 3.36. The maximum atomic E-state index is 12.8. The van der Waals surface area contributed by atoms with E-state index in [0.717, 1.165) is 83.5 Å². The van der Waals surface area contributed by atoms with Gasteiger partial charge in [0.15, 0.2) is 6.10 Å². The summed E-state index contributed by atoms with van der Waals surface area (Å²) >= 11 is 0. The summed E-state index contributed by atoms with van der Waals surface area (Å²) in [5.41, 5.74) is 0. The lowest BCUT2D eigenvalue weighted by molar-refractivity contribution is -0.167. The third kappa shape index (κ3) is 56.0. The summed E-state index contributed by atoms with van der Waals surface area (Å²) in [5, 5.41) is 0. The molecule has 0 spiro atoms. The highest BCUT2D eigenvalue weighted by Gasteiger charge is 2.19. The molecule has 406 valence electrons. The molecule has 0 fully saturated rings. The topological polar surface area (TPSA) is 78.9 Å². The summed E-state index contributed by atoms with van der Waals surface area (Å²) in [5.74, 6) is -0.872. The molecule has 0 aliphatic rings. The zero-order valence-corrected chi connectivity index (χ0v) is 46.5. The minimum Gasteiger partial charge on any atom is -0.462 e. The molecule has 0 radical (unpaired) electrons. The van der Waals surface area contributed by atoms with Crippen LogP contribution >= 0.6 is 0 Å². The Morgan fingerprint density at radius 3 is 0.886 bits per heavy atom. The van der Waals surface area contributed by atoms with Gasteiger partial charge in [0, 0.05) is 19.3 Å². The SMILES string of the molecule is CC/C=C\C/C=C\C/C=C\C/C=C\CCCCCCCCCCCCCCCCC(=O)OCC(COC(=O)CCCCCCCC)OC(=O)CCCCCCCCCCC/C=C\CCCCCCCC. The molecule has 0 amide bonds. The lowest BCUT2D eigenvalue weighted by atomic mass is 10.0. The molecule has 0 rings (SSSR count). The molecule has 6 heteroatoms. The van der Waals surface area contributed by atoms with Gasteiger partial charge in [0.2, 0.25) is 0 Å². The maximum Gasteiger partial charge on any atom is 0.306 e. The first kappa shape index (κ1) is 67.1. The highest BCUT2D eigenvalue weighted by atomic mass is 16.6. The molecule has 0 aromatic carbocycles. The van der Waals surface area contributed by atoms with Crippen LogP contribution in [0.1, 0.15) is 310 Å². The number of carbonyl (C=O) groups excluding carboxylic acids is 3. The van der Waals surface area contributed by atoms with Gasteiger partial charge in [-0.2, -0.15) is 0 Å². The van der Waals surface area contributed by atoms with E-state index in [1.807, 2.05) is 0 Å². The molecule has 0 heterocycles. The Morgan fingerprint density at radius 2 is 0.557 bits per heavy atom. The van der Waals surface area contributed by atoms with Crippen molar-refractivity contribution in [3.63, 3.8) is 0 Å². The fourth-order valence-electron chi connectivity index (χ4n) is 8.72. The summed E-state index contributed by atoms with van der Waals surface area (Å²) < 4.78 is 16.8. The van der Waals surface area contributed by atoms with Gasteiger partial charge in [0.05, 0.1) is 0 Å². The zero-order valence-electron chi connectivity index (χ0n) is 46.5. The first-order valence-corrected chi connectivity index (χ1v) is 30.3. The molecule has 0 saturated heterocycles. The van der Waals surface area contributed by atoms with Gasteiger partial charge in [0.1, 0.15) is 13.2 Å². The average molecular weight is 980 g/mol. The Morgan fingerprint density at radius 1 is 0.300 bits per heavy atom. The molecule has 0 aromatic rings. The lowest BCUT2D eigenvalue weighted by Crippen LogP contribution is -2.30. The van der Waals surface area contributed by atoms with Crippen molar-refractivity contribution in [1.29, 1.82) is 0 Å². The van der Waals surface area contributed by atoms with E-state index in [1.54, 1.807) is 0 Å². The highest BCUT2D eigenvalue weighted by molar-refractivity contribution is 5.71. The molecule has 0 bridgehead atoms. The summed E-state index contributed by atoms with van der Waals surface area (Å²) in [6.45, 7) is 6.49. The van der Waals surface area contributed by atoms with Crippen molar-refractivity contribution in [1.82, 2.24) is 0 Å². The van der Waals surface area contributed by atoms with Crippen LogP contribution in [0.25, 0.3) is 0 Å². The van der Waals surface area contributed by atoms with E-state index in [-0.39, 0.29) is 31.1 Å². The number of esters is 3. The quantitative estimate of drug-likeness (QED) is 0.0261. The molecule has 0 aromatic heterocycles. The van der Waals surface area contributed by atoms with Crippen LogP contribution in [0.3, 0.4) is 0 Å². The van der Waals surface area contributed by atoms with Gasteiger partial charge in [-0.3, -0.25) is 14.4 Å². The first-order valence-electron chi connectivity index (χ1n) is 30.3. The van der Waals surface area contributed by atoms with Crippen LogP contribution in [0.5, 0.6) is 0 Å². The molecule has 1 unspecified atom stereocenters. The van der Waals surface area contributed by atoms with E-state index >= 15 is 0 Å². The van der Waals surface area contributed by atoms with Gasteiger partial charge >= 0.3 is 17.9 Å². The molecule has 70 heavy (non-hydrogen) atoms. The van der Waals surface area contributed by atoms with Crippen LogP contribution < -0.4 is 0 Å². The minimum atomic E-state index is -0.771. The van der Waals surface area contributed by atoms with Gasteiger partial charge in [-0.05, 0) is 83.5 Å². The second-order valence-electron chi connectivity index (χ2n) is 20.2. The van der Waals surface area contributed by atoms with Gasteiger partial charge in [-0.15, -0.1) is 0 Å². The van der Waals surface area contributed by atoms with Crippen molar-refractivity contribution in [2.75, 3.05) is 13.2 Å². The number of carbonyl (C=O) groups is 3. The van der Waals surface area contributed by atoms with Crippen molar-refractivity contribution in [3.05, 3.63) is 60.8 Å². The van der Waals surface area contributed by atoms with Crippen LogP contribution in [0.4, 0.5) is 0 Å². The molecule has 0 saturated carbocycles. The molecule has 1 atom stereocenters. The summed E-state index contributed by atoms with van der Waals surface area (Å²) in [6.07, 6.45) is 74.0. The van der Waals surface area contributed by atoms with Gasteiger partial charge in [-0.1, -0.05) is 268 Å². The molecule has 6 nitrogen and oxygen atoms in total. The Kier molecular flexibility index (Phi) is 56.3. The van der Waals surface area contributed by atoms with Crippen molar-refractivity contribution in [2.24, 2.45) is 0 Å². The monoisotopic (exact) mass is 979 g/mol. The Balaban J connectivity index is 4.07. The Hall–Kier alpha value is -2.89. The van der Waals surface area contributed by atoms with Crippen LogP contribution in [0.2, 0.25) is 0 Å². The maximum absolute atomic E-state index is 12.8.